The van der Waals surface area contributed by atoms with Gasteiger partial charge < -0.3 is 0 Å². The molecule has 0 aromatic carbocycles. The molecule has 0 nitrogen and oxygen atoms in total. The maximum atomic E-state index is 13.0. The molecule has 3 unspecified atom stereocenters. The van der Waals surface area contributed by atoms with Crippen LogP contribution in [0.2, 0.25) is 0 Å². The van der Waals surface area contributed by atoms with Crippen molar-refractivity contribution in [2.75, 3.05) is 0 Å². The molecule has 1 radical (unpaired) electrons. The molecule has 67 valence electrons. The number of alkyl halides is 4. The number of allylic oxidation sites excluding steroid dienone is 2. The summed E-state index contributed by atoms with van der Waals surface area (Å²) >= 11 is 0. The molecular weight excluding hydrogens is 179 g/mol. The lowest BCUT2D eigenvalue weighted by Gasteiger charge is -2.26. The fourth-order valence-electron chi connectivity index (χ4n) is 1.65. The van der Waals surface area contributed by atoms with E-state index < -0.39 is 35.9 Å². The van der Waals surface area contributed by atoms with Crippen molar-refractivity contribution in [2.24, 2.45) is 5.92 Å². The second-order valence-corrected chi connectivity index (χ2v) is 3.09. The highest BCUT2D eigenvalue weighted by Gasteiger charge is 2.74. The van der Waals surface area contributed by atoms with Crippen molar-refractivity contribution in [3.05, 3.63) is 11.9 Å². The van der Waals surface area contributed by atoms with Crippen LogP contribution in [-0.4, -0.2) is 17.8 Å². The Kier molecular flexibility index (Phi) is 1.22. The highest BCUT2D eigenvalue weighted by atomic mass is 19.3. The lowest BCUT2D eigenvalue weighted by molar-refractivity contribution is -0.144. The fraction of sp³-hybridized carbons (Fsp3) is 0.714. The number of hydrogen-bond acceptors (Lipinski definition) is 0. The maximum absolute atomic E-state index is 13.0. The minimum Gasteiger partial charge on any atom is -0.240 e. The molecular formula is C7H4F5. The van der Waals surface area contributed by atoms with E-state index in [2.05, 4.69) is 0 Å². The molecule has 0 aliphatic heterocycles. The maximum Gasteiger partial charge on any atom is 0.318 e. The van der Waals surface area contributed by atoms with E-state index in [4.69, 9.17) is 0 Å². The monoisotopic (exact) mass is 183 g/mol. The first-order chi connectivity index (χ1) is 5.39. The summed E-state index contributed by atoms with van der Waals surface area (Å²) in [6.07, 6.45) is -1.74. The van der Waals surface area contributed by atoms with Gasteiger partial charge in [0.25, 0.3) is 0 Å². The Morgan fingerprint density at radius 2 is 1.92 bits per heavy atom. The van der Waals surface area contributed by atoms with Crippen LogP contribution in [0.5, 0.6) is 0 Å². The molecule has 2 bridgehead atoms. The molecule has 0 aromatic heterocycles. The zero-order valence-corrected chi connectivity index (χ0v) is 5.75. The van der Waals surface area contributed by atoms with Crippen LogP contribution in [0.3, 0.4) is 0 Å². The van der Waals surface area contributed by atoms with Gasteiger partial charge in [0.05, 0.1) is 0 Å². The molecule has 0 spiro atoms. The van der Waals surface area contributed by atoms with Crippen LogP contribution in [0.15, 0.2) is 5.83 Å². The molecule has 1 saturated carbocycles. The van der Waals surface area contributed by atoms with Gasteiger partial charge in [-0.3, -0.25) is 0 Å². The van der Waals surface area contributed by atoms with Crippen LogP contribution in [0.1, 0.15) is 6.42 Å². The standard InChI is InChI=1S/C7H4F5/c8-4-1-3-2-6(4,10)7(11,12)5(3)9/h3,5H,2H2. The number of hydrogen-bond donors (Lipinski definition) is 0. The third kappa shape index (κ3) is 0.593. The molecule has 3 atom stereocenters. The molecule has 0 N–H and O–H groups in total. The number of rotatable bonds is 0. The summed E-state index contributed by atoms with van der Waals surface area (Å²) in [6.45, 7) is 0. The van der Waals surface area contributed by atoms with Crippen molar-refractivity contribution >= 4 is 0 Å². The van der Waals surface area contributed by atoms with Gasteiger partial charge in [0.15, 0.2) is 6.17 Å². The van der Waals surface area contributed by atoms with Crippen LogP contribution in [0.4, 0.5) is 22.0 Å². The third-order valence-corrected chi connectivity index (χ3v) is 2.39. The molecule has 5 heteroatoms. The number of fused-ring (bicyclic) bond motifs is 2. The smallest absolute Gasteiger partial charge is 0.240 e. The van der Waals surface area contributed by atoms with Gasteiger partial charge in [-0.05, 0) is 6.08 Å². The highest BCUT2D eigenvalue weighted by Crippen LogP contribution is 2.59. The normalized spacial score (nSPS) is 49.6. The average Bonchev–Trinajstić information content (AvgIpc) is 2.33. The van der Waals surface area contributed by atoms with Crippen LogP contribution in [0, 0.1) is 12.0 Å². The predicted molar refractivity (Wildman–Crippen MR) is 29.7 cm³/mol. The lowest BCUT2D eigenvalue weighted by atomic mass is 9.98. The first-order valence-corrected chi connectivity index (χ1v) is 3.40. The molecule has 0 heterocycles. The van der Waals surface area contributed by atoms with Gasteiger partial charge in [-0.25, -0.2) is 13.2 Å². The minimum atomic E-state index is -4.23. The van der Waals surface area contributed by atoms with E-state index in [1.807, 2.05) is 0 Å². The molecule has 2 aliphatic carbocycles. The van der Waals surface area contributed by atoms with Gasteiger partial charge in [0.1, 0.15) is 5.83 Å². The van der Waals surface area contributed by atoms with Gasteiger partial charge in [-0.1, -0.05) is 0 Å². The second-order valence-electron chi connectivity index (χ2n) is 3.09. The van der Waals surface area contributed by atoms with E-state index in [9.17, 15) is 22.0 Å². The van der Waals surface area contributed by atoms with Gasteiger partial charge >= 0.3 is 5.92 Å². The summed E-state index contributed by atoms with van der Waals surface area (Å²) in [4.78, 5) is 0. The largest absolute Gasteiger partial charge is 0.318 e. The summed E-state index contributed by atoms with van der Waals surface area (Å²) in [5, 5.41) is 0. The average molecular weight is 183 g/mol. The van der Waals surface area contributed by atoms with Crippen LogP contribution in [-0.2, 0) is 0 Å². The molecule has 2 rings (SSSR count). The molecule has 2 aliphatic rings. The van der Waals surface area contributed by atoms with E-state index in [0.717, 1.165) is 0 Å². The zero-order chi connectivity index (χ0) is 9.15. The zero-order valence-electron chi connectivity index (χ0n) is 5.75. The lowest BCUT2D eigenvalue weighted by Crippen LogP contribution is -2.46. The van der Waals surface area contributed by atoms with Crippen LogP contribution in [0.25, 0.3) is 0 Å². The van der Waals surface area contributed by atoms with Crippen LogP contribution >= 0.6 is 0 Å². The minimum absolute atomic E-state index is 0.826. The summed E-state index contributed by atoms with van der Waals surface area (Å²) < 4.78 is 63.3. The van der Waals surface area contributed by atoms with Crippen molar-refractivity contribution in [1.29, 1.82) is 0 Å². The quantitative estimate of drug-likeness (QED) is 0.505. The van der Waals surface area contributed by atoms with Crippen molar-refractivity contribution < 1.29 is 22.0 Å². The van der Waals surface area contributed by atoms with Gasteiger partial charge in [-0.2, -0.15) is 8.78 Å². The second kappa shape index (κ2) is 1.83. The van der Waals surface area contributed by atoms with Gasteiger partial charge in [-0.15, -0.1) is 0 Å². The number of halogens is 5. The molecule has 0 aromatic rings. The summed E-state index contributed by atoms with van der Waals surface area (Å²) in [5.41, 5.74) is -3.43. The van der Waals surface area contributed by atoms with Crippen molar-refractivity contribution in [2.45, 2.75) is 24.2 Å². The Morgan fingerprint density at radius 3 is 2.25 bits per heavy atom. The van der Waals surface area contributed by atoms with Gasteiger partial charge in [0.2, 0.25) is 5.67 Å². The van der Waals surface area contributed by atoms with E-state index in [1.54, 1.807) is 6.08 Å². The Balaban J connectivity index is 2.50. The topological polar surface area (TPSA) is 0 Å². The van der Waals surface area contributed by atoms with E-state index in [0.29, 0.717) is 0 Å². The Labute approximate surface area is 65.1 Å². The summed E-state index contributed by atoms with van der Waals surface area (Å²) in [5.74, 6) is -7.30. The Morgan fingerprint density at radius 1 is 1.33 bits per heavy atom. The molecule has 0 amide bonds. The van der Waals surface area contributed by atoms with E-state index in [-0.39, 0.29) is 0 Å². The third-order valence-electron chi connectivity index (χ3n) is 2.39. The van der Waals surface area contributed by atoms with Crippen LogP contribution < -0.4 is 0 Å². The first kappa shape index (κ1) is 8.01. The molecule has 12 heavy (non-hydrogen) atoms. The first-order valence-electron chi connectivity index (χ1n) is 3.40. The van der Waals surface area contributed by atoms with E-state index in [1.165, 1.54) is 0 Å². The fourth-order valence-corrected chi connectivity index (χ4v) is 1.65. The Hall–Kier alpha value is -0.610. The van der Waals surface area contributed by atoms with Gasteiger partial charge in [0, 0.05) is 12.3 Å². The Bertz CT molecular complexity index is 259. The highest BCUT2D eigenvalue weighted by molar-refractivity contribution is 5.29. The van der Waals surface area contributed by atoms with Crippen molar-refractivity contribution in [3.8, 4) is 0 Å². The molecule has 1 fully saturated rings. The predicted octanol–water partition coefficient (Wildman–Crippen LogP) is 2.36. The SMILES string of the molecule is FC1=[C]C2CC1(F)C(F)(F)C2F. The molecule has 0 saturated heterocycles. The van der Waals surface area contributed by atoms with Crippen molar-refractivity contribution in [3.63, 3.8) is 0 Å². The van der Waals surface area contributed by atoms with E-state index >= 15 is 0 Å². The summed E-state index contributed by atoms with van der Waals surface area (Å²) in [7, 11) is 0. The summed E-state index contributed by atoms with van der Waals surface area (Å²) in [6, 6.07) is 0. The van der Waals surface area contributed by atoms with Crippen molar-refractivity contribution in [1.82, 2.24) is 0 Å².